The number of nitrogens with zero attached hydrogens (tertiary/aromatic N) is 1. The Kier molecular flexibility index (Phi) is 3.57. The second kappa shape index (κ2) is 5.52. The molecule has 1 aliphatic heterocycles. The van der Waals surface area contributed by atoms with E-state index in [1.807, 2.05) is 31.3 Å². The van der Waals surface area contributed by atoms with Crippen molar-refractivity contribution in [2.75, 3.05) is 7.11 Å². The van der Waals surface area contributed by atoms with Crippen molar-refractivity contribution in [3.8, 4) is 0 Å². The van der Waals surface area contributed by atoms with Gasteiger partial charge in [0, 0.05) is 12.1 Å². The predicted molar refractivity (Wildman–Crippen MR) is 92.6 cm³/mol. The molecule has 2 aliphatic carbocycles. The van der Waals surface area contributed by atoms with Crippen molar-refractivity contribution in [2.45, 2.75) is 37.1 Å². The summed E-state index contributed by atoms with van der Waals surface area (Å²) in [6, 6.07) is 6.84. The van der Waals surface area contributed by atoms with E-state index in [2.05, 4.69) is 6.08 Å². The SMILES string of the molecule is COC1=C[C@H]2[C@H]3C(=C1)CCCC3=CN2S(=O)(=O)c1ccc(C)cc1. The minimum Gasteiger partial charge on any atom is -0.497 e. The second-order valence-electron chi connectivity index (χ2n) is 6.67. The molecule has 0 aromatic heterocycles. The van der Waals surface area contributed by atoms with Crippen molar-refractivity contribution < 1.29 is 13.2 Å². The number of ether oxygens (including phenoxy) is 1. The molecule has 3 aliphatic rings. The Labute approximate surface area is 143 Å². The first-order valence-corrected chi connectivity index (χ1v) is 9.72. The quantitative estimate of drug-likeness (QED) is 0.843. The monoisotopic (exact) mass is 343 g/mol. The average molecular weight is 343 g/mol. The minimum atomic E-state index is -3.57. The van der Waals surface area contributed by atoms with Crippen LogP contribution in [0.2, 0.25) is 0 Å². The number of sulfonamides is 1. The van der Waals surface area contributed by atoms with Crippen molar-refractivity contribution in [2.24, 2.45) is 5.92 Å². The molecule has 0 unspecified atom stereocenters. The van der Waals surface area contributed by atoms with Crippen molar-refractivity contribution in [1.29, 1.82) is 0 Å². The Morgan fingerprint density at radius 2 is 1.83 bits per heavy atom. The van der Waals surface area contributed by atoms with Crippen LogP contribution in [0, 0.1) is 12.8 Å². The van der Waals surface area contributed by atoms with Gasteiger partial charge < -0.3 is 4.74 Å². The van der Waals surface area contributed by atoms with Crippen LogP contribution < -0.4 is 0 Å². The highest BCUT2D eigenvalue weighted by molar-refractivity contribution is 7.89. The van der Waals surface area contributed by atoms with Gasteiger partial charge in [-0.2, -0.15) is 0 Å². The first-order chi connectivity index (χ1) is 11.5. The zero-order valence-electron chi connectivity index (χ0n) is 13.9. The lowest BCUT2D eigenvalue weighted by Gasteiger charge is -2.34. The van der Waals surface area contributed by atoms with E-state index in [-0.39, 0.29) is 12.0 Å². The predicted octanol–water partition coefficient (Wildman–Crippen LogP) is 3.52. The molecular weight excluding hydrogens is 322 g/mol. The van der Waals surface area contributed by atoms with Crippen LogP contribution in [-0.2, 0) is 14.8 Å². The molecule has 0 saturated heterocycles. The van der Waals surface area contributed by atoms with Gasteiger partial charge in [0.1, 0.15) is 5.76 Å². The Bertz CT molecular complexity index is 862. The fourth-order valence-corrected chi connectivity index (χ4v) is 5.45. The van der Waals surface area contributed by atoms with Crippen molar-refractivity contribution >= 4 is 10.0 Å². The number of hydrogen-bond donors (Lipinski definition) is 0. The minimum absolute atomic E-state index is 0.179. The molecule has 2 atom stereocenters. The molecule has 1 heterocycles. The van der Waals surface area contributed by atoms with Gasteiger partial charge >= 0.3 is 0 Å². The van der Waals surface area contributed by atoms with E-state index >= 15 is 0 Å². The molecule has 4 rings (SSSR count). The molecule has 0 N–H and O–H groups in total. The second-order valence-corrected chi connectivity index (χ2v) is 8.51. The molecular formula is C19H21NO3S. The van der Waals surface area contributed by atoms with E-state index in [1.165, 1.54) is 15.5 Å². The Morgan fingerprint density at radius 1 is 1.12 bits per heavy atom. The van der Waals surface area contributed by atoms with Crippen molar-refractivity contribution in [3.05, 3.63) is 65.1 Å². The summed E-state index contributed by atoms with van der Waals surface area (Å²) in [5.41, 5.74) is 3.56. The summed E-state index contributed by atoms with van der Waals surface area (Å²) in [5.74, 6) is 0.935. The smallest absolute Gasteiger partial charge is 0.264 e. The molecule has 126 valence electrons. The highest BCUT2D eigenvalue weighted by Gasteiger charge is 2.44. The number of aryl methyl sites for hydroxylation is 1. The lowest BCUT2D eigenvalue weighted by molar-refractivity contribution is 0.290. The Balaban J connectivity index is 1.79. The highest BCUT2D eigenvalue weighted by atomic mass is 32.2. The summed E-state index contributed by atoms with van der Waals surface area (Å²) in [5, 5.41) is 0. The van der Waals surface area contributed by atoms with Crippen LogP contribution in [-0.4, -0.2) is 25.9 Å². The fraction of sp³-hybridized carbons (Fsp3) is 0.368. The van der Waals surface area contributed by atoms with Gasteiger partial charge in [0.05, 0.1) is 18.0 Å². The van der Waals surface area contributed by atoms with Gasteiger partial charge in [0.15, 0.2) is 0 Å². The number of benzene rings is 1. The first-order valence-electron chi connectivity index (χ1n) is 8.28. The summed E-state index contributed by atoms with van der Waals surface area (Å²) in [7, 11) is -1.93. The van der Waals surface area contributed by atoms with Gasteiger partial charge in [0.25, 0.3) is 10.0 Å². The number of hydrogen-bond acceptors (Lipinski definition) is 3. The summed E-state index contributed by atoms with van der Waals surface area (Å²) >= 11 is 0. The fourth-order valence-electron chi connectivity index (χ4n) is 3.95. The van der Waals surface area contributed by atoms with E-state index < -0.39 is 10.0 Å². The third-order valence-electron chi connectivity index (χ3n) is 5.15. The molecule has 0 amide bonds. The van der Waals surface area contributed by atoms with Crippen LogP contribution >= 0.6 is 0 Å². The maximum Gasteiger partial charge on any atom is 0.264 e. The summed E-state index contributed by atoms with van der Waals surface area (Å²) in [6.07, 6.45) is 8.92. The van der Waals surface area contributed by atoms with E-state index in [4.69, 9.17) is 4.74 Å². The van der Waals surface area contributed by atoms with Gasteiger partial charge in [-0.15, -0.1) is 0 Å². The molecule has 0 radical (unpaired) electrons. The van der Waals surface area contributed by atoms with Gasteiger partial charge in [-0.1, -0.05) is 23.3 Å². The van der Waals surface area contributed by atoms with Crippen LogP contribution in [0.3, 0.4) is 0 Å². The molecule has 4 nitrogen and oxygen atoms in total. The van der Waals surface area contributed by atoms with Crippen molar-refractivity contribution in [1.82, 2.24) is 4.31 Å². The molecule has 5 heteroatoms. The van der Waals surface area contributed by atoms with Crippen molar-refractivity contribution in [3.63, 3.8) is 0 Å². The van der Waals surface area contributed by atoms with Crippen LogP contribution in [0.1, 0.15) is 24.8 Å². The number of methoxy groups -OCH3 is 1. The summed E-state index contributed by atoms with van der Waals surface area (Å²) in [6.45, 7) is 1.95. The molecule has 1 fully saturated rings. The first kappa shape index (κ1) is 15.5. The van der Waals surface area contributed by atoms with Gasteiger partial charge in [-0.3, -0.25) is 4.31 Å². The zero-order chi connectivity index (χ0) is 16.9. The lowest BCUT2D eigenvalue weighted by atomic mass is 9.76. The molecule has 0 spiro atoms. The van der Waals surface area contributed by atoms with Gasteiger partial charge in [0.2, 0.25) is 0 Å². The van der Waals surface area contributed by atoms with E-state index in [1.54, 1.807) is 19.2 Å². The third-order valence-corrected chi connectivity index (χ3v) is 6.92. The normalized spacial score (nSPS) is 25.6. The largest absolute Gasteiger partial charge is 0.497 e. The third kappa shape index (κ3) is 2.30. The molecule has 1 aromatic carbocycles. The van der Waals surface area contributed by atoms with E-state index in [9.17, 15) is 8.42 Å². The maximum atomic E-state index is 13.2. The zero-order valence-corrected chi connectivity index (χ0v) is 14.7. The number of rotatable bonds is 3. The average Bonchev–Trinajstić information content (AvgIpc) is 2.96. The van der Waals surface area contributed by atoms with Crippen LogP contribution in [0.25, 0.3) is 0 Å². The van der Waals surface area contributed by atoms with Crippen LogP contribution in [0.5, 0.6) is 0 Å². The summed E-state index contributed by atoms with van der Waals surface area (Å²) < 4.78 is 33.3. The Morgan fingerprint density at radius 3 is 2.54 bits per heavy atom. The molecule has 1 saturated carbocycles. The van der Waals surface area contributed by atoms with E-state index in [0.717, 1.165) is 30.6 Å². The molecule has 0 bridgehead atoms. The van der Waals surface area contributed by atoms with Crippen LogP contribution in [0.4, 0.5) is 0 Å². The molecule has 24 heavy (non-hydrogen) atoms. The highest BCUT2D eigenvalue weighted by Crippen LogP contribution is 2.47. The molecule has 1 aromatic rings. The van der Waals surface area contributed by atoms with Crippen LogP contribution in [0.15, 0.2) is 64.4 Å². The summed E-state index contributed by atoms with van der Waals surface area (Å²) in [4.78, 5) is 0.340. The standard InChI is InChI=1S/C19H21NO3S/c1-13-6-8-17(9-7-13)24(21,22)20-12-15-5-3-4-14-10-16(23-2)11-18(20)19(14)15/h6-12,18-19H,3-5H2,1-2H3/t18-,19-/m0/s1. The topological polar surface area (TPSA) is 46.6 Å². The van der Waals surface area contributed by atoms with E-state index in [0.29, 0.717) is 4.90 Å². The lowest BCUT2D eigenvalue weighted by Crippen LogP contribution is -2.38. The number of allylic oxidation sites excluding steroid dienone is 1. The van der Waals surface area contributed by atoms with Gasteiger partial charge in [-0.25, -0.2) is 8.42 Å². The maximum absolute atomic E-state index is 13.2. The van der Waals surface area contributed by atoms with Gasteiger partial charge in [-0.05, 0) is 56.0 Å². The Hall–Kier alpha value is -2.01.